The van der Waals surface area contributed by atoms with Gasteiger partial charge in [0.1, 0.15) is 0 Å². The predicted octanol–water partition coefficient (Wildman–Crippen LogP) is 3.90. The highest BCUT2D eigenvalue weighted by atomic mass is 35.5. The lowest BCUT2D eigenvalue weighted by Crippen LogP contribution is -2.05. The van der Waals surface area contributed by atoms with Crippen molar-refractivity contribution in [2.24, 2.45) is 5.73 Å². The van der Waals surface area contributed by atoms with Crippen molar-refractivity contribution in [3.8, 4) is 17.2 Å². The van der Waals surface area contributed by atoms with Gasteiger partial charge < -0.3 is 5.73 Å². The van der Waals surface area contributed by atoms with Crippen LogP contribution in [0.3, 0.4) is 0 Å². The quantitative estimate of drug-likeness (QED) is 0.886. The lowest BCUT2D eigenvalue weighted by Gasteiger charge is -2.10. The van der Waals surface area contributed by atoms with Crippen LogP contribution in [0.2, 0.25) is 5.02 Å². The fourth-order valence-corrected chi connectivity index (χ4v) is 2.20. The molecular formula is C15H13ClN2. The Morgan fingerprint density at radius 2 is 1.89 bits per heavy atom. The molecule has 2 aromatic rings. The van der Waals surface area contributed by atoms with Crippen LogP contribution in [0.4, 0.5) is 0 Å². The summed E-state index contributed by atoms with van der Waals surface area (Å²) in [5.41, 5.74) is 9.35. The molecule has 0 aliphatic rings. The van der Waals surface area contributed by atoms with Gasteiger partial charge in [-0.2, -0.15) is 5.26 Å². The fraction of sp³-hybridized carbons (Fsp3) is 0.133. The molecular weight excluding hydrogens is 244 g/mol. The number of nitriles is 1. The Morgan fingerprint density at radius 3 is 2.50 bits per heavy atom. The van der Waals surface area contributed by atoms with Crippen LogP contribution in [0.1, 0.15) is 24.1 Å². The molecule has 1 unspecified atom stereocenters. The molecule has 0 spiro atoms. The number of halogens is 1. The molecule has 0 aromatic heterocycles. The van der Waals surface area contributed by atoms with Gasteiger partial charge >= 0.3 is 0 Å². The SMILES string of the molecule is CC(N)c1ccc(-c2cccc(C#N)c2)cc1Cl. The largest absolute Gasteiger partial charge is 0.324 e. The summed E-state index contributed by atoms with van der Waals surface area (Å²) < 4.78 is 0. The molecule has 18 heavy (non-hydrogen) atoms. The zero-order chi connectivity index (χ0) is 13.1. The van der Waals surface area contributed by atoms with E-state index in [1.54, 1.807) is 6.07 Å². The van der Waals surface area contributed by atoms with Gasteiger partial charge in [-0.3, -0.25) is 0 Å². The van der Waals surface area contributed by atoms with E-state index < -0.39 is 0 Å². The van der Waals surface area contributed by atoms with Gasteiger partial charge in [0.15, 0.2) is 0 Å². The lowest BCUT2D eigenvalue weighted by atomic mass is 10.0. The number of rotatable bonds is 2. The van der Waals surface area contributed by atoms with Crippen LogP contribution >= 0.6 is 11.6 Å². The molecule has 2 rings (SSSR count). The first kappa shape index (κ1) is 12.6. The smallest absolute Gasteiger partial charge is 0.0991 e. The first-order chi connectivity index (χ1) is 8.61. The Labute approximate surface area is 112 Å². The first-order valence-electron chi connectivity index (χ1n) is 5.67. The Balaban J connectivity index is 2.46. The summed E-state index contributed by atoms with van der Waals surface area (Å²) in [6.07, 6.45) is 0. The summed E-state index contributed by atoms with van der Waals surface area (Å²) in [5.74, 6) is 0. The Kier molecular flexibility index (Phi) is 3.66. The maximum absolute atomic E-state index is 8.89. The van der Waals surface area contributed by atoms with Crippen LogP contribution in [0.15, 0.2) is 42.5 Å². The second-order valence-corrected chi connectivity index (χ2v) is 4.62. The standard InChI is InChI=1S/C15H13ClN2/c1-10(18)14-6-5-13(8-15(14)16)12-4-2-3-11(7-12)9-17/h2-8,10H,18H2,1H3. The minimum absolute atomic E-state index is 0.0861. The average Bonchev–Trinajstić information content (AvgIpc) is 2.38. The van der Waals surface area contributed by atoms with E-state index in [0.717, 1.165) is 16.7 Å². The summed E-state index contributed by atoms with van der Waals surface area (Å²) in [7, 11) is 0. The molecule has 0 saturated heterocycles. The third-order valence-electron chi connectivity index (χ3n) is 2.82. The van der Waals surface area contributed by atoms with Crippen molar-refractivity contribution in [3.63, 3.8) is 0 Å². The minimum atomic E-state index is -0.0861. The van der Waals surface area contributed by atoms with Crippen LogP contribution in [0.25, 0.3) is 11.1 Å². The second-order valence-electron chi connectivity index (χ2n) is 4.22. The van der Waals surface area contributed by atoms with Crippen LogP contribution in [-0.2, 0) is 0 Å². The van der Waals surface area contributed by atoms with Crippen LogP contribution in [0.5, 0.6) is 0 Å². The van der Waals surface area contributed by atoms with E-state index in [-0.39, 0.29) is 6.04 Å². The topological polar surface area (TPSA) is 49.8 Å². The molecule has 0 aliphatic heterocycles. The van der Waals surface area contributed by atoms with Gasteiger partial charge in [0, 0.05) is 11.1 Å². The number of hydrogen-bond acceptors (Lipinski definition) is 2. The van der Waals surface area contributed by atoms with Crippen molar-refractivity contribution >= 4 is 11.6 Å². The van der Waals surface area contributed by atoms with Crippen molar-refractivity contribution in [2.45, 2.75) is 13.0 Å². The zero-order valence-corrected chi connectivity index (χ0v) is 10.8. The monoisotopic (exact) mass is 256 g/mol. The number of nitrogens with zero attached hydrogens (tertiary/aromatic N) is 1. The van der Waals surface area contributed by atoms with Gasteiger partial charge in [-0.1, -0.05) is 35.9 Å². The van der Waals surface area contributed by atoms with Crippen molar-refractivity contribution in [1.82, 2.24) is 0 Å². The molecule has 0 radical (unpaired) electrons. The second kappa shape index (κ2) is 5.22. The van der Waals surface area contributed by atoms with Gasteiger partial charge in [-0.15, -0.1) is 0 Å². The molecule has 0 amide bonds. The van der Waals surface area contributed by atoms with Crippen LogP contribution in [-0.4, -0.2) is 0 Å². The molecule has 3 heteroatoms. The van der Waals surface area contributed by atoms with Crippen LogP contribution < -0.4 is 5.73 Å². The maximum atomic E-state index is 8.89. The highest BCUT2D eigenvalue weighted by Crippen LogP contribution is 2.28. The predicted molar refractivity (Wildman–Crippen MR) is 74.2 cm³/mol. The van der Waals surface area contributed by atoms with Gasteiger partial charge in [0.05, 0.1) is 11.6 Å². The molecule has 1 atom stereocenters. The normalized spacial score (nSPS) is 11.9. The molecule has 0 saturated carbocycles. The van der Waals surface area contributed by atoms with Gasteiger partial charge in [-0.25, -0.2) is 0 Å². The van der Waals surface area contributed by atoms with Gasteiger partial charge in [0.25, 0.3) is 0 Å². The van der Waals surface area contributed by atoms with E-state index >= 15 is 0 Å². The molecule has 0 bridgehead atoms. The Hall–Kier alpha value is -1.82. The average molecular weight is 257 g/mol. The van der Waals surface area contributed by atoms with E-state index in [9.17, 15) is 0 Å². The van der Waals surface area contributed by atoms with Crippen molar-refractivity contribution in [3.05, 3.63) is 58.6 Å². The third-order valence-corrected chi connectivity index (χ3v) is 3.14. The maximum Gasteiger partial charge on any atom is 0.0991 e. The van der Waals surface area contributed by atoms with E-state index in [4.69, 9.17) is 22.6 Å². The van der Waals surface area contributed by atoms with E-state index in [2.05, 4.69) is 6.07 Å². The highest BCUT2D eigenvalue weighted by Gasteiger charge is 2.07. The molecule has 0 heterocycles. The number of nitrogens with two attached hydrogens (primary N) is 1. The van der Waals surface area contributed by atoms with Crippen molar-refractivity contribution in [2.75, 3.05) is 0 Å². The summed E-state index contributed by atoms with van der Waals surface area (Å²) >= 11 is 6.20. The highest BCUT2D eigenvalue weighted by molar-refractivity contribution is 6.31. The first-order valence-corrected chi connectivity index (χ1v) is 6.05. The summed E-state index contributed by atoms with van der Waals surface area (Å²) in [5, 5.41) is 9.55. The Bertz CT molecular complexity index is 612. The minimum Gasteiger partial charge on any atom is -0.324 e. The summed E-state index contributed by atoms with van der Waals surface area (Å²) in [6, 6.07) is 15.3. The third kappa shape index (κ3) is 2.53. The zero-order valence-electron chi connectivity index (χ0n) is 10.0. The molecule has 90 valence electrons. The van der Waals surface area contributed by atoms with Crippen LogP contribution in [0, 0.1) is 11.3 Å². The molecule has 2 nitrogen and oxygen atoms in total. The molecule has 0 fully saturated rings. The molecule has 0 aliphatic carbocycles. The molecule has 2 aromatic carbocycles. The van der Waals surface area contributed by atoms with E-state index in [1.807, 2.05) is 43.3 Å². The van der Waals surface area contributed by atoms with Gasteiger partial charge in [-0.05, 0) is 41.8 Å². The number of benzene rings is 2. The van der Waals surface area contributed by atoms with E-state index in [1.165, 1.54) is 0 Å². The molecule has 2 N–H and O–H groups in total. The van der Waals surface area contributed by atoms with Crippen molar-refractivity contribution in [1.29, 1.82) is 5.26 Å². The lowest BCUT2D eigenvalue weighted by molar-refractivity contribution is 0.819. The number of hydrogen-bond donors (Lipinski definition) is 1. The Morgan fingerprint density at radius 1 is 1.17 bits per heavy atom. The summed E-state index contributed by atoms with van der Waals surface area (Å²) in [4.78, 5) is 0. The van der Waals surface area contributed by atoms with E-state index in [0.29, 0.717) is 10.6 Å². The fourth-order valence-electron chi connectivity index (χ4n) is 1.84. The van der Waals surface area contributed by atoms with Gasteiger partial charge in [0.2, 0.25) is 0 Å². The summed E-state index contributed by atoms with van der Waals surface area (Å²) in [6.45, 7) is 1.90. The van der Waals surface area contributed by atoms with Crippen molar-refractivity contribution < 1.29 is 0 Å².